The van der Waals surface area contributed by atoms with E-state index < -0.39 is 5.25 Å². The van der Waals surface area contributed by atoms with E-state index in [1.54, 1.807) is 18.2 Å². The topological polar surface area (TPSA) is 70.7 Å². The van der Waals surface area contributed by atoms with Crippen molar-refractivity contribution in [1.29, 1.82) is 0 Å². The number of benzene rings is 2. The smallest absolute Gasteiger partial charge is 0.238 e. The van der Waals surface area contributed by atoms with Gasteiger partial charge in [0, 0.05) is 6.04 Å². The molecule has 5 nitrogen and oxygen atoms in total. The van der Waals surface area contributed by atoms with Gasteiger partial charge in [-0.1, -0.05) is 54.2 Å². The van der Waals surface area contributed by atoms with Crippen LogP contribution in [0.3, 0.4) is 0 Å². The lowest BCUT2D eigenvalue weighted by Crippen LogP contribution is -2.29. The molecular formula is C19H17FN4OS. The first-order chi connectivity index (χ1) is 12.7. The van der Waals surface area contributed by atoms with E-state index in [1.807, 2.05) is 30.3 Å². The molecule has 1 atom stereocenters. The standard InChI is InChI=1S/C19H17FN4OS/c20-15-9-5-4-8-14(15)17-22-19(24-23-17)26-16(12-6-2-1-3-7-12)18(25)21-13-10-11-13/h1-9,13,16H,10-11H2,(H,21,25)(H,22,23,24)/t16-/m1/s1. The lowest BCUT2D eigenvalue weighted by atomic mass is 10.1. The number of hydrogen-bond donors (Lipinski definition) is 2. The molecule has 1 amide bonds. The highest BCUT2D eigenvalue weighted by atomic mass is 32.2. The number of carbonyl (C=O) groups excluding carboxylic acids is 1. The van der Waals surface area contributed by atoms with Crippen molar-refractivity contribution >= 4 is 17.7 Å². The molecule has 0 aliphatic heterocycles. The zero-order valence-electron chi connectivity index (χ0n) is 13.9. The van der Waals surface area contributed by atoms with Crippen LogP contribution in [-0.2, 0) is 4.79 Å². The van der Waals surface area contributed by atoms with Crippen LogP contribution in [-0.4, -0.2) is 27.1 Å². The first-order valence-corrected chi connectivity index (χ1v) is 9.28. The second-order valence-electron chi connectivity index (χ2n) is 6.14. The summed E-state index contributed by atoms with van der Waals surface area (Å²) in [7, 11) is 0. The second kappa shape index (κ2) is 7.29. The Balaban J connectivity index is 1.58. The molecule has 1 aliphatic carbocycles. The van der Waals surface area contributed by atoms with Gasteiger partial charge in [0.2, 0.25) is 11.1 Å². The van der Waals surface area contributed by atoms with Crippen LogP contribution in [0.2, 0.25) is 0 Å². The Morgan fingerprint density at radius 1 is 1.15 bits per heavy atom. The van der Waals surface area contributed by atoms with Crippen LogP contribution in [0.1, 0.15) is 23.7 Å². The van der Waals surface area contributed by atoms with E-state index in [0.717, 1.165) is 18.4 Å². The van der Waals surface area contributed by atoms with Crippen molar-refractivity contribution < 1.29 is 9.18 Å². The number of H-pyrrole nitrogens is 1. The molecule has 1 heterocycles. The minimum Gasteiger partial charge on any atom is -0.352 e. The molecule has 132 valence electrons. The van der Waals surface area contributed by atoms with Crippen LogP contribution in [0.5, 0.6) is 0 Å². The predicted octanol–water partition coefficient (Wildman–Crippen LogP) is 3.72. The summed E-state index contributed by atoms with van der Waals surface area (Å²) in [5.74, 6) is -0.0766. The van der Waals surface area contributed by atoms with Gasteiger partial charge >= 0.3 is 0 Å². The average Bonchev–Trinajstić information content (AvgIpc) is 3.35. The number of thioether (sulfide) groups is 1. The maximum atomic E-state index is 13.9. The van der Waals surface area contributed by atoms with Crippen LogP contribution in [0.15, 0.2) is 59.8 Å². The highest BCUT2D eigenvalue weighted by Crippen LogP contribution is 2.35. The summed E-state index contributed by atoms with van der Waals surface area (Å²) in [6, 6.07) is 16.2. The van der Waals surface area contributed by atoms with Crippen LogP contribution in [0.25, 0.3) is 11.4 Å². The summed E-state index contributed by atoms with van der Waals surface area (Å²) >= 11 is 1.25. The molecule has 0 radical (unpaired) electrons. The maximum Gasteiger partial charge on any atom is 0.238 e. The molecule has 0 unspecified atom stereocenters. The lowest BCUT2D eigenvalue weighted by molar-refractivity contribution is -0.120. The van der Waals surface area contributed by atoms with E-state index in [-0.39, 0.29) is 17.8 Å². The zero-order chi connectivity index (χ0) is 17.9. The zero-order valence-corrected chi connectivity index (χ0v) is 14.7. The molecule has 0 saturated heterocycles. The number of rotatable bonds is 6. The van der Waals surface area contributed by atoms with Crippen molar-refractivity contribution in [2.45, 2.75) is 29.3 Å². The fourth-order valence-electron chi connectivity index (χ4n) is 2.58. The fourth-order valence-corrected chi connectivity index (χ4v) is 3.50. The van der Waals surface area contributed by atoms with Gasteiger partial charge in [-0.15, -0.1) is 5.10 Å². The number of nitrogens with zero attached hydrogens (tertiary/aromatic N) is 2. The first kappa shape index (κ1) is 16.8. The molecule has 0 spiro atoms. The Morgan fingerprint density at radius 2 is 1.88 bits per heavy atom. The average molecular weight is 368 g/mol. The predicted molar refractivity (Wildman–Crippen MR) is 98.0 cm³/mol. The quantitative estimate of drug-likeness (QED) is 0.651. The van der Waals surface area contributed by atoms with Gasteiger partial charge in [-0.2, -0.15) is 0 Å². The van der Waals surface area contributed by atoms with Crippen molar-refractivity contribution in [1.82, 2.24) is 20.5 Å². The molecule has 1 saturated carbocycles. The van der Waals surface area contributed by atoms with Gasteiger partial charge in [0.15, 0.2) is 5.82 Å². The van der Waals surface area contributed by atoms with E-state index in [0.29, 0.717) is 16.5 Å². The molecule has 7 heteroatoms. The first-order valence-electron chi connectivity index (χ1n) is 8.40. The fraction of sp³-hybridized carbons (Fsp3) is 0.211. The normalized spacial score (nSPS) is 14.8. The highest BCUT2D eigenvalue weighted by Gasteiger charge is 2.30. The third kappa shape index (κ3) is 3.77. The third-order valence-electron chi connectivity index (χ3n) is 4.08. The summed E-state index contributed by atoms with van der Waals surface area (Å²) < 4.78 is 13.9. The van der Waals surface area contributed by atoms with Gasteiger partial charge in [0.05, 0.1) is 5.56 Å². The van der Waals surface area contributed by atoms with Gasteiger partial charge in [-0.25, -0.2) is 9.37 Å². The van der Waals surface area contributed by atoms with Crippen LogP contribution in [0, 0.1) is 5.82 Å². The van der Waals surface area contributed by atoms with Crippen molar-refractivity contribution in [2.75, 3.05) is 0 Å². The second-order valence-corrected chi connectivity index (χ2v) is 7.21. The number of hydrogen-bond acceptors (Lipinski definition) is 4. The van der Waals surface area contributed by atoms with Crippen LogP contribution in [0.4, 0.5) is 4.39 Å². The molecule has 26 heavy (non-hydrogen) atoms. The van der Waals surface area contributed by atoms with E-state index >= 15 is 0 Å². The van der Waals surface area contributed by atoms with Gasteiger partial charge < -0.3 is 5.32 Å². The Bertz CT molecular complexity index is 911. The monoisotopic (exact) mass is 368 g/mol. The number of aromatic nitrogens is 3. The Kier molecular flexibility index (Phi) is 4.71. The van der Waals surface area contributed by atoms with E-state index in [2.05, 4.69) is 20.5 Å². The molecule has 1 aliphatic rings. The molecule has 1 aromatic heterocycles. The summed E-state index contributed by atoms with van der Waals surface area (Å²) in [5.41, 5.74) is 1.23. The van der Waals surface area contributed by atoms with Gasteiger partial charge in [-0.3, -0.25) is 9.89 Å². The summed E-state index contributed by atoms with van der Waals surface area (Å²) in [4.78, 5) is 17.0. The number of aromatic amines is 1. The Morgan fingerprint density at radius 3 is 2.62 bits per heavy atom. The maximum absolute atomic E-state index is 13.9. The minimum atomic E-state index is -0.457. The van der Waals surface area contributed by atoms with E-state index in [4.69, 9.17) is 0 Å². The summed E-state index contributed by atoms with van der Waals surface area (Å²) in [5, 5.41) is 9.90. The van der Waals surface area contributed by atoms with Crippen molar-refractivity contribution in [3.63, 3.8) is 0 Å². The largest absolute Gasteiger partial charge is 0.352 e. The molecule has 4 rings (SSSR count). The molecule has 1 fully saturated rings. The molecule has 2 N–H and O–H groups in total. The Hall–Kier alpha value is -2.67. The van der Waals surface area contributed by atoms with E-state index in [1.165, 1.54) is 17.8 Å². The molecule has 0 bridgehead atoms. The number of nitrogens with one attached hydrogen (secondary N) is 2. The van der Waals surface area contributed by atoms with Gasteiger partial charge in [-0.05, 0) is 30.5 Å². The van der Waals surface area contributed by atoms with Crippen molar-refractivity contribution in [3.05, 3.63) is 66.0 Å². The highest BCUT2D eigenvalue weighted by molar-refractivity contribution is 8.00. The van der Waals surface area contributed by atoms with Crippen LogP contribution >= 0.6 is 11.8 Å². The number of amides is 1. The van der Waals surface area contributed by atoms with Crippen molar-refractivity contribution in [2.24, 2.45) is 0 Å². The SMILES string of the molecule is O=C(NC1CC1)[C@H](Sc1n[nH]c(-c2ccccc2F)n1)c1ccccc1. The molecule has 3 aromatic rings. The van der Waals surface area contributed by atoms with Crippen molar-refractivity contribution in [3.8, 4) is 11.4 Å². The van der Waals surface area contributed by atoms with Gasteiger partial charge in [0.1, 0.15) is 11.1 Å². The number of carbonyl (C=O) groups is 1. The Labute approximate surface area is 154 Å². The lowest BCUT2D eigenvalue weighted by Gasteiger charge is -2.15. The van der Waals surface area contributed by atoms with Gasteiger partial charge in [0.25, 0.3) is 0 Å². The molecular weight excluding hydrogens is 351 g/mol. The summed E-state index contributed by atoms with van der Waals surface area (Å²) in [6.07, 6.45) is 2.05. The molecule has 2 aromatic carbocycles. The van der Waals surface area contributed by atoms with E-state index in [9.17, 15) is 9.18 Å². The summed E-state index contributed by atoms with van der Waals surface area (Å²) in [6.45, 7) is 0. The number of halogens is 1. The van der Waals surface area contributed by atoms with Crippen LogP contribution < -0.4 is 5.32 Å². The third-order valence-corrected chi connectivity index (χ3v) is 5.20. The minimum absolute atomic E-state index is 0.0547.